The Morgan fingerprint density at radius 2 is 1.83 bits per heavy atom. The van der Waals surface area contributed by atoms with Crippen molar-refractivity contribution in [2.45, 2.75) is 0 Å². The number of carbonyl (C=O) groups is 2. The molecular formula is C19H15NO4. The molecule has 3 rings (SSSR count). The van der Waals surface area contributed by atoms with Gasteiger partial charge in [0.2, 0.25) is 5.91 Å². The van der Waals surface area contributed by atoms with Gasteiger partial charge in [-0.25, -0.2) is 4.79 Å². The average Bonchev–Trinajstić information content (AvgIpc) is 3.03. The second-order valence-corrected chi connectivity index (χ2v) is 5.05. The van der Waals surface area contributed by atoms with Gasteiger partial charge in [0.1, 0.15) is 11.3 Å². The largest absolute Gasteiger partial charge is 0.465 e. The van der Waals surface area contributed by atoms with E-state index in [2.05, 4.69) is 5.32 Å². The Labute approximate surface area is 138 Å². The molecule has 2 aromatic carbocycles. The van der Waals surface area contributed by atoms with Crippen molar-refractivity contribution in [1.82, 2.24) is 0 Å². The number of carbonyl (C=O) groups excluding carboxylic acids is 2. The van der Waals surface area contributed by atoms with Crippen LogP contribution in [-0.4, -0.2) is 19.0 Å². The zero-order valence-corrected chi connectivity index (χ0v) is 13.0. The maximum atomic E-state index is 12.1. The lowest BCUT2D eigenvalue weighted by Crippen LogP contribution is -2.12. The first-order valence-electron chi connectivity index (χ1n) is 7.32. The third-order valence-corrected chi connectivity index (χ3v) is 3.43. The number of amides is 1. The summed E-state index contributed by atoms with van der Waals surface area (Å²) in [7, 11) is 1.29. The normalized spacial score (nSPS) is 10.9. The molecular weight excluding hydrogens is 306 g/mol. The summed E-state index contributed by atoms with van der Waals surface area (Å²) < 4.78 is 10.3. The Morgan fingerprint density at radius 1 is 1.08 bits per heavy atom. The number of nitrogens with one attached hydrogen (secondary N) is 1. The van der Waals surface area contributed by atoms with E-state index >= 15 is 0 Å². The van der Waals surface area contributed by atoms with E-state index in [1.807, 2.05) is 30.3 Å². The molecule has 24 heavy (non-hydrogen) atoms. The SMILES string of the molecule is COC(=O)c1ccccc1NC(=O)/C=C/c1cc2ccccc2o1. The zero-order chi connectivity index (χ0) is 16.9. The maximum Gasteiger partial charge on any atom is 0.339 e. The standard InChI is InChI=1S/C19H15NO4/c1-23-19(22)15-7-3-4-8-16(15)20-18(21)11-10-14-12-13-6-2-5-9-17(13)24-14/h2-12H,1H3,(H,20,21)/b11-10+. The fraction of sp³-hybridized carbons (Fsp3) is 0.0526. The van der Waals surface area contributed by atoms with E-state index in [1.165, 1.54) is 13.2 Å². The molecule has 0 aliphatic carbocycles. The third-order valence-electron chi connectivity index (χ3n) is 3.43. The monoisotopic (exact) mass is 321 g/mol. The number of furan rings is 1. The fourth-order valence-electron chi connectivity index (χ4n) is 2.30. The van der Waals surface area contributed by atoms with Crippen LogP contribution in [0, 0.1) is 0 Å². The van der Waals surface area contributed by atoms with E-state index < -0.39 is 5.97 Å². The highest BCUT2D eigenvalue weighted by atomic mass is 16.5. The number of benzene rings is 2. The highest BCUT2D eigenvalue weighted by Crippen LogP contribution is 2.20. The Bertz CT molecular complexity index is 891. The Hall–Kier alpha value is -3.34. The first kappa shape index (κ1) is 15.6. The van der Waals surface area contributed by atoms with Crippen molar-refractivity contribution in [1.29, 1.82) is 0 Å². The van der Waals surface area contributed by atoms with Crippen LogP contribution in [0.3, 0.4) is 0 Å². The molecule has 0 saturated carbocycles. The molecule has 0 fully saturated rings. The fourth-order valence-corrected chi connectivity index (χ4v) is 2.30. The van der Waals surface area contributed by atoms with E-state index in [4.69, 9.17) is 9.15 Å². The molecule has 0 unspecified atom stereocenters. The van der Waals surface area contributed by atoms with Gasteiger partial charge < -0.3 is 14.5 Å². The highest BCUT2D eigenvalue weighted by Gasteiger charge is 2.12. The van der Waals surface area contributed by atoms with Crippen LogP contribution < -0.4 is 5.32 Å². The molecule has 5 nitrogen and oxygen atoms in total. The van der Waals surface area contributed by atoms with Crippen LogP contribution in [0.2, 0.25) is 0 Å². The first-order chi connectivity index (χ1) is 11.7. The number of para-hydroxylation sites is 2. The summed E-state index contributed by atoms with van der Waals surface area (Å²) in [6, 6.07) is 16.1. The lowest BCUT2D eigenvalue weighted by atomic mass is 10.2. The van der Waals surface area contributed by atoms with Crippen LogP contribution in [0.5, 0.6) is 0 Å². The molecule has 0 radical (unpaired) electrons. The van der Waals surface area contributed by atoms with Crippen LogP contribution in [0.25, 0.3) is 17.0 Å². The minimum atomic E-state index is -0.507. The lowest BCUT2D eigenvalue weighted by Gasteiger charge is -2.07. The van der Waals surface area contributed by atoms with E-state index in [9.17, 15) is 9.59 Å². The van der Waals surface area contributed by atoms with Gasteiger partial charge in [0.25, 0.3) is 0 Å². The van der Waals surface area contributed by atoms with Crippen LogP contribution in [-0.2, 0) is 9.53 Å². The number of esters is 1. The number of rotatable bonds is 4. The van der Waals surface area contributed by atoms with Gasteiger partial charge in [-0.3, -0.25) is 4.79 Å². The molecule has 1 heterocycles. The van der Waals surface area contributed by atoms with E-state index in [0.717, 1.165) is 11.0 Å². The number of fused-ring (bicyclic) bond motifs is 1. The molecule has 3 aromatic rings. The first-order valence-corrected chi connectivity index (χ1v) is 7.32. The molecule has 0 atom stereocenters. The van der Waals surface area contributed by atoms with E-state index in [-0.39, 0.29) is 5.91 Å². The summed E-state index contributed by atoms with van der Waals surface area (Å²) >= 11 is 0. The predicted octanol–water partition coefficient (Wildman–Crippen LogP) is 3.87. The van der Waals surface area contributed by atoms with Gasteiger partial charge in [-0.2, -0.15) is 0 Å². The van der Waals surface area contributed by atoms with Crippen LogP contribution >= 0.6 is 0 Å². The molecule has 1 N–H and O–H groups in total. The number of anilines is 1. The molecule has 1 aromatic heterocycles. The summed E-state index contributed by atoms with van der Waals surface area (Å²) in [6.45, 7) is 0. The van der Waals surface area contributed by atoms with Crippen LogP contribution in [0.1, 0.15) is 16.1 Å². The van der Waals surface area contributed by atoms with Gasteiger partial charge in [-0.1, -0.05) is 30.3 Å². The summed E-state index contributed by atoms with van der Waals surface area (Å²) in [6.07, 6.45) is 2.93. The van der Waals surface area contributed by atoms with E-state index in [0.29, 0.717) is 17.0 Å². The quantitative estimate of drug-likeness (QED) is 0.585. The zero-order valence-electron chi connectivity index (χ0n) is 13.0. The van der Waals surface area contributed by atoms with Gasteiger partial charge in [0.15, 0.2) is 0 Å². The molecule has 0 saturated heterocycles. The predicted molar refractivity (Wildman–Crippen MR) is 91.7 cm³/mol. The van der Waals surface area contributed by atoms with E-state index in [1.54, 1.807) is 30.3 Å². The molecule has 0 aliphatic rings. The van der Waals surface area contributed by atoms with Crippen molar-refractivity contribution < 1.29 is 18.7 Å². The minimum absolute atomic E-state index is 0.297. The second kappa shape index (κ2) is 6.83. The Kier molecular flexibility index (Phi) is 4.43. The smallest absolute Gasteiger partial charge is 0.339 e. The van der Waals surface area contributed by atoms with Crippen LogP contribution in [0.15, 0.2) is 65.1 Å². The summed E-state index contributed by atoms with van der Waals surface area (Å²) in [5.41, 5.74) is 1.45. The Balaban J connectivity index is 1.75. The van der Waals surface area contributed by atoms with Gasteiger partial charge in [0.05, 0.1) is 18.4 Å². The lowest BCUT2D eigenvalue weighted by molar-refractivity contribution is -0.111. The van der Waals surface area contributed by atoms with Crippen molar-refractivity contribution in [2.24, 2.45) is 0 Å². The molecule has 0 aliphatic heterocycles. The summed E-state index contributed by atoms with van der Waals surface area (Å²) in [5.74, 6) is -0.299. The van der Waals surface area contributed by atoms with Crippen LogP contribution in [0.4, 0.5) is 5.69 Å². The minimum Gasteiger partial charge on any atom is -0.465 e. The number of methoxy groups -OCH3 is 1. The van der Waals surface area contributed by atoms with Crippen molar-refractivity contribution in [3.63, 3.8) is 0 Å². The number of hydrogen-bond acceptors (Lipinski definition) is 4. The molecule has 5 heteroatoms. The van der Waals surface area contributed by atoms with Gasteiger partial charge in [-0.05, 0) is 30.3 Å². The van der Waals surface area contributed by atoms with Crippen molar-refractivity contribution in [3.8, 4) is 0 Å². The molecule has 0 bridgehead atoms. The van der Waals surface area contributed by atoms with Gasteiger partial charge in [0, 0.05) is 11.5 Å². The van der Waals surface area contributed by atoms with Gasteiger partial charge >= 0.3 is 5.97 Å². The summed E-state index contributed by atoms with van der Waals surface area (Å²) in [5, 5.41) is 3.63. The number of ether oxygens (including phenoxy) is 1. The summed E-state index contributed by atoms with van der Waals surface area (Å²) in [4.78, 5) is 23.8. The maximum absolute atomic E-state index is 12.1. The molecule has 0 spiro atoms. The highest BCUT2D eigenvalue weighted by molar-refractivity contribution is 6.06. The molecule has 120 valence electrons. The number of hydrogen-bond donors (Lipinski definition) is 1. The second-order valence-electron chi connectivity index (χ2n) is 5.05. The van der Waals surface area contributed by atoms with Crippen molar-refractivity contribution in [2.75, 3.05) is 12.4 Å². The average molecular weight is 321 g/mol. The van der Waals surface area contributed by atoms with Crippen molar-refractivity contribution in [3.05, 3.63) is 72.0 Å². The Morgan fingerprint density at radius 3 is 2.62 bits per heavy atom. The van der Waals surface area contributed by atoms with Crippen molar-refractivity contribution >= 4 is 34.6 Å². The van der Waals surface area contributed by atoms with Gasteiger partial charge in [-0.15, -0.1) is 0 Å². The molecule has 1 amide bonds. The third kappa shape index (κ3) is 3.35. The topological polar surface area (TPSA) is 68.5 Å².